The number of hydrogen-bond donors (Lipinski definition) is 0. The molecule has 2 fully saturated rings. The normalized spacial score (nSPS) is 18.0. The minimum Gasteiger partial charge on any atom is -0.444 e. The number of piperazine rings is 1. The topological polar surface area (TPSA) is 137 Å². The smallest absolute Gasteiger partial charge is 0.410 e. The van der Waals surface area contributed by atoms with Crippen LogP contribution in [0.5, 0.6) is 0 Å². The van der Waals surface area contributed by atoms with E-state index in [-0.39, 0.29) is 29.1 Å². The van der Waals surface area contributed by atoms with Gasteiger partial charge in [-0.3, -0.25) is 29.1 Å². The highest BCUT2D eigenvalue weighted by Crippen LogP contribution is 2.45. The lowest BCUT2D eigenvalue weighted by atomic mass is 9.77. The molecule has 2 atom stereocenters. The van der Waals surface area contributed by atoms with Crippen LogP contribution in [0.25, 0.3) is 0 Å². The van der Waals surface area contributed by atoms with Crippen molar-refractivity contribution in [3.05, 3.63) is 82.6 Å². The molecule has 0 N–H and O–H groups in total. The van der Waals surface area contributed by atoms with Crippen LogP contribution in [-0.2, 0) is 19.1 Å². The molecule has 2 heterocycles. The summed E-state index contributed by atoms with van der Waals surface area (Å²) in [6, 6.07) is 7.73. The Kier molecular flexibility index (Phi) is 10.7. The highest BCUT2D eigenvalue weighted by molar-refractivity contribution is 6.31. The van der Waals surface area contributed by atoms with E-state index in [2.05, 4.69) is 9.97 Å². The fourth-order valence-corrected chi connectivity index (χ4v) is 6.31. The molecule has 51 heavy (non-hydrogen) atoms. The molecule has 1 aromatic heterocycles. The van der Waals surface area contributed by atoms with Gasteiger partial charge in [0.1, 0.15) is 47.6 Å². The molecule has 1 saturated carbocycles. The van der Waals surface area contributed by atoms with Crippen molar-refractivity contribution < 1.29 is 41.5 Å². The van der Waals surface area contributed by atoms with Gasteiger partial charge >= 0.3 is 6.09 Å². The van der Waals surface area contributed by atoms with E-state index in [0.717, 1.165) is 26.8 Å². The van der Waals surface area contributed by atoms with E-state index in [9.17, 15) is 37.2 Å². The van der Waals surface area contributed by atoms with Crippen molar-refractivity contribution in [2.75, 3.05) is 22.9 Å². The molecular weight excluding hydrogens is 696 g/mol. The molecule has 11 nitrogen and oxygen atoms in total. The number of benzene rings is 2. The Bertz CT molecular complexity index is 1870. The molecule has 5 rings (SSSR count). The van der Waals surface area contributed by atoms with E-state index >= 15 is 4.79 Å². The first-order chi connectivity index (χ1) is 24.0. The van der Waals surface area contributed by atoms with Gasteiger partial charge in [-0.15, -0.1) is 0 Å². The number of Topliss-reactive ketones (excluding diaryl/α,β-unsaturated/α-hetero) is 1. The quantitative estimate of drug-likeness (QED) is 0.231. The van der Waals surface area contributed by atoms with Crippen LogP contribution < -0.4 is 9.80 Å². The average molecular weight is 729 g/mol. The molecule has 2 aromatic carbocycles. The molecule has 1 saturated heterocycles. The number of carbonyl (C=O) groups is 4. The van der Waals surface area contributed by atoms with Crippen LogP contribution in [0.4, 0.5) is 34.0 Å². The fraction of sp³-hybridized carbons (Fsp3) is 0.400. The van der Waals surface area contributed by atoms with Crippen LogP contribution in [-0.4, -0.2) is 69.2 Å². The SMILES string of the molecule is CC(C)(C)OC(=O)N1CC(=O)N(c2nccc(C#N)n2)[C@H](C(=O)N(c2cc(F)cc(F)c2)[C@H](C(=O)CCC2CC(F)(F)C2)c2ccccc2Cl)C1. The Morgan fingerprint density at radius 2 is 1.78 bits per heavy atom. The van der Waals surface area contributed by atoms with Crippen LogP contribution >= 0.6 is 11.6 Å². The Morgan fingerprint density at radius 3 is 2.39 bits per heavy atom. The lowest BCUT2D eigenvalue weighted by Crippen LogP contribution is -2.64. The van der Waals surface area contributed by atoms with Crippen LogP contribution in [0, 0.1) is 28.9 Å². The monoisotopic (exact) mass is 728 g/mol. The number of alkyl halides is 2. The summed E-state index contributed by atoms with van der Waals surface area (Å²) < 4.78 is 62.5. The number of ether oxygens (including phenoxy) is 1. The number of hydrogen-bond acceptors (Lipinski definition) is 8. The second-order valence-corrected chi connectivity index (χ2v) is 13.8. The van der Waals surface area contributed by atoms with Crippen molar-refractivity contribution in [1.82, 2.24) is 14.9 Å². The van der Waals surface area contributed by atoms with Crippen LogP contribution in [0.1, 0.15) is 63.8 Å². The molecule has 2 aliphatic rings. The lowest BCUT2D eigenvalue weighted by Gasteiger charge is -2.42. The van der Waals surface area contributed by atoms with Gasteiger partial charge in [-0.2, -0.15) is 5.26 Å². The average Bonchev–Trinajstić information content (AvgIpc) is 3.03. The zero-order chi connectivity index (χ0) is 37.2. The third-order valence-electron chi connectivity index (χ3n) is 8.31. The maximum absolute atomic E-state index is 15.1. The summed E-state index contributed by atoms with van der Waals surface area (Å²) in [5.74, 6) is -8.62. The minimum absolute atomic E-state index is 0.00212. The molecule has 1 aliphatic heterocycles. The molecule has 1 aliphatic carbocycles. The van der Waals surface area contributed by atoms with Gasteiger partial charge in [0.25, 0.3) is 5.91 Å². The molecule has 16 heteroatoms. The fourth-order valence-electron chi connectivity index (χ4n) is 6.07. The maximum Gasteiger partial charge on any atom is 0.410 e. The van der Waals surface area contributed by atoms with Gasteiger partial charge in [-0.1, -0.05) is 29.8 Å². The lowest BCUT2D eigenvalue weighted by molar-refractivity contribution is -0.131. The third-order valence-corrected chi connectivity index (χ3v) is 8.65. The second-order valence-electron chi connectivity index (χ2n) is 13.4. The second kappa shape index (κ2) is 14.6. The number of anilines is 2. The van der Waals surface area contributed by atoms with Crippen LogP contribution in [0.2, 0.25) is 5.02 Å². The van der Waals surface area contributed by atoms with Crippen LogP contribution in [0.15, 0.2) is 54.7 Å². The Hall–Kier alpha value is -5.10. The van der Waals surface area contributed by atoms with Crippen molar-refractivity contribution in [3.63, 3.8) is 0 Å². The molecule has 3 aromatic rings. The molecule has 0 spiro atoms. The summed E-state index contributed by atoms with van der Waals surface area (Å²) >= 11 is 6.57. The zero-order valence-electron chi connectivity index (χ0n) is 27.8. The highest BCUT2D eigenvalue weighted by Gasteiger charge is 2.48. The van der Waals surface area contributed by atoms with Crippen molar-refractivity contribution in [2.24, 2.45) is 5.92 Å². The summed E-state index contributed by atoms with van der Waals surface area (Å²) in [7, 11) is 0. The van der Waals surface area contributed by atoms with E-state index in [1.807, 2.05) is 6.07 Å². The Labute approximate surface area is 295 Å². The van der Waals surface area contributed by atoms with Crippen molar-refractivity contribution in [2.45, 2.75) is 70.1 Å². The number of carbonyl (C=O) groups excluding carboxylic acids is 4. The Morgan fingerprint density at radius 1 is 1.12 bits per heavy atom. The van der Waals surface area contributed by atoms with E-state index < -0.39 is 102 Å². The molecule has 268 valence electrons. The predicted octanol–water partition coefficient (Wildman–Crippen LogP) is 6.40. The third kappa shape index (κ3) is 8.62. The van der Waals surface area contributed by atoms with Gasteiger partial charge in [-0.05, 0) is 57.4 Å². The molecule has 0 radical (unpaired) electrons. The van der Waals surface area contributed by atoms with E-state index in [1.165, 1.54) is 30.5 Å². The van der Waals surface area contributed by atoms with Gasteiger partial charge in [0, 0.05) is 42.1 Å². The van der Waals surface area contributed by atoms with E-state index in [0.29, 0.717) is 6.07 Å². The summed E-state index contributed by atoms with van der Waals surface area (Å²) in [5.41, 5.74) is -1.57. The first-order valence-corrected chi connectivity index (χ1v) is 16.3. The number of nitriles is 1. The number of aromatic nitrogens is 2. The molecule has 0 bridgehead atoms. The molecule has 3 amide bonds. The number of amides is 3. The predicted molar refractivity (Wildman–Crippen MR) is 176 cm³/mol. The van der Waals surface area contributed by atoms with Crippen molar-refractivity contribution in [3.8, 4) is 6.07 Å². The molecule has 0 unspecified atom stereocenters. The first kappa shape index (κ1) is 37.2. The standard InChI is InChI=1S/C35H33ClF4N6O5/c1-34(2,3)51-33(50)44-18-27(46(29(48)19-44)32-42-11-10-23(17-41)43-32)31(49)45(24-13-21(37)12-22(38)14-24)30(25-6-4-5-7-26(25)36)28(47)9-8-20-15-35(39,40)16-20/h4-7,10-14,20,27,30H,8-9,15-16,18-19H2,1-3H3/t27-,30-/m0/s1. The van der Waals surface area contributed by atoms with E-state index in [1.54, 1.807) is 26.8 Å². The van der Waals surface area contributed by atoms with Gasteiger partial charge in [0.2, 0.25) is 17.8 Å². The number of ketones is 1. The summed E-state index contributed by atoms with van der Waals surface area (Å²) in [6.07, 6.45) is -0.908. The van der Waals surface area contributed by atoms with Crippen molar-refractivity contribution in [1.29, 1.82) is 5.26 Å². The van der Waals surface area contributed by atoms with Crippen LogP contribution in [0.3, 0.4) is 0 Å². The maximum atomic E-state index is 15.1. The summed E-state index contributed by atoms with van der Waals surface area (Å²) in [4.78, 5) is 67.1. The Balaban J connectivity index is 1.66. The summed E-state index contributed by atoms with van der Waals surface area (Å²) in [5, 5.41) is 9.49. The van der Waals surface area contributed by atoms with Gasteiger partial charge in [0.05, 0.1) is 12.2 Å². The van der Waals surface area contributed by atoms with Crippen molar-refractivity contribution >= 4 is 46.9 Å². The van der Waals surface area contributed by atoms with E-state index in [4.69, 9.17) is 16.3 Å². The summed E-state index contributed by atoms with van der Waals surface area (Å²) in [6.45, 7) is 3.62. The van der Waals surface area contributed by atoms with Gasteiger partial charge in [-0.25, -0.2) is 32.3 Å². The molecular formula is C35H33ClF4N6O5. The largest absolute Gasteiger partial charge is 0.444 e. The highest BCUT2D eigenvalue weighted by atomic mass is 35.5. The number of halogens is 5. The first-order valence-electron chi connectivity index (χ1n) is 15.9. The number of rotatable bonds is 9. The number of nitrogens with zero attached hydrogens (tertiary/aromatic N) is 6. The van der Waals surface area contributed by atoms with Gasteiger partial charge < -0.3 is 4.74 Å². The van der Waals surface area contributed by atoms with Gasteiger partial charge in [0.15, 0.2) is 5.78 Å². The zero-order valence-corrected chi connectivity index (χ0v) is 28.5. The minimum atomic E-state index is -2.85.